The van der Waals surface area contributed by atoms with Crippen LogP contribution in [0.1, 0.15) is 13.8 Å². The maximum absolute atomic E-state index is 11.9. The van der Waals surface area contributed by atoms with Crippen LogP contribution in [-0.4, -0.2) is 41.6 Å². The van der Waals surface area contributed by atoms with Crippen molar-refractivity contribution in [2.75, 3.05) is 36.1 Å². The molecular weight excluding hydrogens is 232 g/mol. The fraction of sp³-hybridized carbons (Fsp3) is 0.545. The molecule has 1 aromatic rings. The number of piperazine rings is 1. The molecule has 18 heavy (non-hydrogen) atoms. The zero-order chi connectivity index (χ0) is 13.3. The normalized spacial score (nSPS) is 18.4. The summed E-state index contributed by atoms with van der Waals surface area (Å²) in [6, 6.07) is 1.79. The lowest BCUT2D eigenvalue weighted by Gasteiger charge is -2.42. The number of nitrogens with one attached hydrogen (secondary N) is 2. The SMILES string of the molecule is CNc1cc(N2CCNC(=O)C2(C)C)nc(N)n1. The van der Waals surface area contributed by atoms with Crippen LogP contribution in [-0.2, 0) is 4.79 Å². The molecule has 2 rings (SSSR count). The molecule has 1 fully saturated rings. The van der Waals surface area contributed by atoms with Crippen LogP contribution in [0.2, 0.25) is 0 Å². The van der Waals surface area contributed by atoms with Gasteiger partial charge in [0.15, 0.2) is 0 Å². The minimum absolute atomic E-state index is 0.0167. The zero-order valence-electron chi connectivity index (χ0n) is 10.8. The molecule has 0 saturated carbocycles. The van der Waals surface area contributed by atoms with Crippen LogP contribution in [0.15, 0.2) is 6.07 Å². The first-order chi connectivity index (χ1) is 8.45. The molecule has 0 radical (unpaired) electrons. The van der Waals surface area contributed by atoms with Gasteiger partial charge in [0.1, 0.15) is 17.2 Å². The van der Waals surface area contributed by atoms with Gasteiger partial charge in [0.25, 0.3) is 0 Å². The topological polar surface area (TPSA) is 96.2 Å². The standard InChI is InChI=1S/C11H18N6O/c1-11(2)9(18)14-4-5-17(11)8-6-7(13-3)15-10(12)16-8/h6H,4-5H2,1-3H3,(H,14,18)(H3,12,13,15,16). The third-order valence-corrected chi connectivity index (χ3v) is 3.11. The molecular formula is C11H18N6O. The fourth-order valence-electron chi connectivity index (χ4n) is 2.02. The molecule has 4 N–H and O–H groups in total. The minimum Gasteiger partial charge on any atom is -0.373 e. The molecule has 1 saturated heterocycles. The van der Waals surface area contributed by atoms with E-state index >= 15 is 0 Å². The molecule has 7 heteroatoms. The summed E-state index contributed by atoms with van der Waals surface area (Å²) in [6.45, 7) is 5.01. The molecule has 0 atom stereocenters. The van der Waals surface area contributed by atoms with Gasteiger partial charge in [0, 0.05) is 26.2 Å². The van der Waals surface area contributed by atoms with E-state index in [4.69, 9.17) is 5.73 Å². The molecule has 0 spiro atoms. The predicted molar refractivity (Wildman–Crippen MR) is 70.4 cm³/mol. The first-order valence-electron chi connectivity index (χ1n) is 5.83. The number of nitrogens with two attached hydrogens (primary N) is 1. The summed E-state index contributed by atoms with van der Waals surface area (Å²) in [7, 11) is 1.76. The van der Waals surface area contributed by atoms with Crippen molar-refractivity contribution >= 4 is 23.5 Å². The van der Waals surface area contributed by atoms with Crippen LogP contribution in [0.3, 0.4) is 0 Å². The second kappa shape index (κ2) is 4.32. The van der Waals surface area contributed by atoms with E-state index in [0.29, 0.717) is 24.7 Å². The van der Waals surface area contributed by atoms with Crippen molar-refractivity contribution in [3.05, 3.63) is 6.07 Å². The minimum atomic E-state index is -0.649. The summed E-state index contributed by atoms with van der Waals surface area (Å²) in [6.07, 6.45) is 0. The number of carbonyl (C=O) groups excluding carboxylic acids is 1. The first kappa shape index (κ1) is 12.4. The Kier molecular flexibility index (Phi) is 2.98. The summed E-state index contributed by atoms with van der Waals surface area (Å²) < 4.78 is 0. The quantitative estimate of drug-likeness (QED) is 0.673. The maximum atomic E-state index is 11.9. The Morgan fingerprint density at radius 3 is 2.89 bits per heavy atom. The fourth-order valence-corrected chi connectivity index (χ4v) is 2.02. The highest BCUT2D eigenvalue weighted by molar-refractivity contribution is 5.90. The van der Waals surface area contributed by atoms with Gasteiger partial charge in [0.2, 0.25) is 11.9 Å². The third kappa shape index (κ3) is 2.03. The van der Waals surface area contributed by atoms with Gasteiger partial charge in [-0.3, -0.25) is 4.79 Å². The van der Waals surface area contributed by atoms with Gasteiger partial charge in [-0.15, -0.1) is 0 Å². The molecule has 0 aromatic carbocycles. The lowest BCUT2D eigenvalue weighted by atomic mass is 9.99. The van der Waals surface area contributed by atoms with Crippen LogP contribution >= 0.6 is 0 Å². The predicted octanol–water partition coefficient (Wildman–Crippen LogP) is -0.185. The van der Waals surface area contributed by atoms with Crippen molar-refractivity contribution in [3.8, 4) is 0 Å². The molecule has 0 unspecified atom stereocenters. The molecule has 1 aliphatic rings. The van der Waals surface area contributed by atoms with E-state index in [1.165, 1.54) is 0 Å². The number of rotatable bonds is 2. The molecule has 1 amide bonds. The van der Waals surface area contributed by atoms with E-state index in [1.807, 2.05) is 18.7 Å². The first-order valence-corrected chi connectivity index (χ1v) is 5.83. The Balaban J connectivity index is 2.41. The summed E-state index contributed by atoms with van der Waals surface area (Å²) in [5, 5.41) is 5.77. The van der Waals surface area contributed by atoms with Crippen molar-refractivity contribution in [1.82, 2.24) is 15.3 Å². The van der Waals surface area contributed by atoms with Crippen LogP contribution in [0, 0.1) is 0 Å². The molecule has 7 nitrogen and oxygen atoms in total. The maximum Gasteiger partial charge on any atom is 0.245 e. The molecule has 1 aliphatic heterocycles. The third-order valence-electron chi connectivity index (χ3n) is 3.11. The number of carbonyl (C=O) groups is 1. The summed E-state index contributed by atoms with van der Waals surface area (Å²) >= 11 is 0. The molecule has 2 heterocycles. The van der Waals surface area contributed by atoms with E-state index in [2.05, 4.69) is 20.6 Å². The van der Waals surface area contributed by atoms with Crippen LogP contribution in [0.25, 0.3) is 0 Å². The lowest BCUT2D eigenvalue weighted by Crippen LogP contribution is -2.62. The Labute approximate surface area is 106 Å². The summed E-state index contributed by atoms with van der Waals surface area (Å²) in [4.78, 5) is 22.1. The average molecular weight is 250 g/mol. The van der Waals surface area contributed by atoms with E-state index in [9.17, 15) is 4.79 Å². The summed E-state index contributed by atoms with van der Waals surface area (Å²) in [5.41, 5.74) is 5.03. The van der Waals surface area contributed by atoms with E-state index < -0.39 is 5.54 Å². The van der Waals surface area contributed by atoms with Gasteiger partial charge in [0.05, 0.1) is 0 Å². The van der Waals surface area contributed by atoms with E-state index in [0.717, 1.165) is 0 Å². The second-order valence-electron chi connectivity index (χ2n) is 4.69. The van der Waals surface area contributed by atoms with Crippen LogP contribution in [0.5, 0.6) is 0 Å². The number of anilines is 3. The van der Waals surface area contributed by atoms with Crippen molar-refractivity contribution in [3.63, 3.8) is 0 Å². The Bertz CT molecular complexity index is 473. The average Bonchev–Trinajstić information content (AvgIpc) is 2.31. The Morgan fingerprint density at radius 2 is 2.22 bits per heavy atom. The summed E-state index contributed by atoms with van der Waals surface area (Å²) in [5.74, 6) is 1.47. The van der Waals surface area contributed by atoms with Crippen LogP contribution < -0.4 is 21.3 Å². The number of hydrogen-bond donors (Lipinski definition) is 3. The highest BCUT2D eigenvalue weighted by Crippen LogP contribution is 2.26. The number of nitrogen functional groups attached to an aromatic ring is 1. The van der Waals surface area contributed by atoms with Crippen molar-refractivity contribution in [2.45, 2.75) is 19.4 Å². The molecule has 1 aromatic heterocycles. The van der Waals surface area contributed by atoms with Gasteiger partial charge < -0.3 is 21.3 Å². The van der Waals surface area contributed by atoms with Gasteiger partial charge in [-0.05, 0) is 13.8 Å². The number of hydrogen-bond acceptors (Lipinski definition) is 6. The highest BCUT2D eigenvalue weighted by atomic mass is 16.2. The van der Waals surface area contributed by atoms with Crippen LogP contribution in [0.4, 0.5) is 17.6 Å². The van der Waals surface area contributed by atoms with Crippen molar-refractivity contribution < 1.29 is 4.79 Å². The zero-order valence-corrected chi connectivity index (χ0v) is 10.8. The lowest BCUT2D eigenvalue weighted by molar-refractivity contribution is -0.126. The molecule has 0 bridgehead atoms. The monoisotopic (exact) mass is 250 g/mol. The van der Waals surface area contributed by atoms with Crippen molar-refractivity contribution in [1.29, 1.82) is 0 Å². The molecule has 98 valence electrons. The van der Waals surface area contributed by atoms with Gasteiger partial charge >= 0.3 is 0 Å². The van der Waals surface area contributed by atoms with Gasteiger partial charge in [-0.25, -0.2) is 0 Å². The van der Waals surface area contributed by atoms with Gasteiger partial charge in [-0.1, -0.05) is 0 Å². The largest absolute Gasteiger partial charge is 0.373 e. The second-order valence-corrected chi connectivity index (χ2v) is 4.69. The van der Waals surface area contributed by atoms with Gasteiger partial charge in [-0.2, -0.15) is 9.97 Å². The number of nitrogens with zero attached hydrogens (tertiary/aromatic N) is 3. The number of aromatic nitrogens is 2. The van der Waals surface area contributed by atoms with E-state index in [1.54, 1.807) is 13.1 Å². The molecule has 0 aliphatic carbocycles. The Hall–Kier alpha value is -2.05. The van der Waals surface area contributed by atoms with E-state index in [-0.39, 0.29) is 11.9 Å². The number of amides is 1. The van der Waals surface area contributed by atoms with Crippen molar-refractivity contribution in [2.24, 2.45) is 0 Å². The highest BCUT2D eigenvalue weighted by Gasteiger charge is 2.38. The smallest absolute Gasteiger partial charge is 0.245 e. The Morgan fingerprint density at radius 1 is 1.50 bits per heavy atom.